The van der Waals surface area contributed by atoms with Crippen molar-refractivity contribution in [1.29, 1.82) is 0 Å². The van der Waals surface area contributed by atoms with Crippen molar-refractivity contribution in [2.45, 2.75) is 71.8 Å². The molecule has 0 radical (unpaired) electrons. The van der Waals surface area contributed by atoms with Crippen LogP contribution in [0, 0.1) is 11.3 Å². The summed E-state index contributed by atoms with van der Waals surface area (Å²) in [5.74, 6) is 0.777. The molecule has 0 spiro atoms. The third-order valence-corrected chi connectivity index (χ3v) is 3.92. The minimum absolute atomic E-state index is 0.0666. The fourth-order valence-electron chi connectivity index (χ4n) is 2.32. The average Bonchev–Trinajstić information content (AvgIpc) is 2.27. The van der Waals surface area contributed by atoms with E-state index in [1.807, 2.05) is 0 Å². The van der Waals surface area contributed by atoms with Crippen LogP contribution in [-0.4, -0.2) is 23.2 Å². The van der Waals surface area contributed by atoms with Crippen molar-refractivity contribution in [3.63, 3.8) is 0 Å². The molecular weight excluding hydrogens is 226 g/mol. The molecule has 1 rings (SSSR count). The summed E-state index contributed by atoms with van der Waals surface area (Å²) in [5.41, 5.74) is -0.474. The Labute approximate surface area is 111 Å². The fourth-order valence-corrected chi connectivity index (χ4v) is 2.32. The van der Waals surface area contributed by atoms with Crippen molar-refractivity contribution in [2.75, 3.05) is 6.54 Å². The number of rotatable bonds is 4. The molecule has 0 aromatic carbocycles. The van der Waals surface area contributed by atoms with Gasteiger partial charge in [0.25, 0.3) is 0 Å². The van der Waals surface area contributed by atoms with E-state index in [9.17, 15) is 9.90 Å². The number of carbonyl (C=O) groups excluding carboxylic acids is 1. The predicted octanol–water partition coefficient (Wildman–Crippen LogP) is 2.87. The van der Waals surface area contributed by atoms with Gasteiger partial charge in [-0.15, -0.1) is 0 Å². The zero-order valence-corrected chi connectivity index (χ0v) is 12.4. The van der Waals surface area contributed by atoms with E-state index >= 15 is 0 Å². The first-order chi connectivity index (χ1) is 8.20. The summed E-state index contributed by atoms with van der Waals surface area (Å²) in [5, 5.41) is 13.2. The Morgan fingerprint density at radius 1 is 1.33 bits per heavy atom. The number of nitrogens with one attached hydrogen (secondary N) is 1. The molecule has 18 heavy (non-hydrogen) atoms. The molecule has 1 aliphatic rings. The summed E-state index contributed by atoms with van der Waals surface area (Å²) in [7, 11) is 0. The molecule has 0 heterocycles. The van der Waals surface area contributed by atoms with E-state index < -0.39 is 5.60 Å². The van der Waals surface area contributed by atoms with Crippen LogP contribution in [0.4, 0.5) is 0 Å². The number of hydrogen-bond donors (Lipinski definition) is 2. The zero-order valence-electron chi connectivity index (χ0n) is 12.4. The van der Waals surface area contributed by atoms with Gasteiger partial charge in [-0.1, -0.05) is 27.7 Å². The van der Waals surface area contributed by atoms with Crippen LogP contribution < -0.4 is 5.32 Å². The lowest BCUT2D eigenvalue weighted by atomic mass is 9.79. The maximum absolute atomic E-state index is 11.7. The van der Waals surface area contributed by atoms with Crippen LogP contribution in [0.1, 0.15) is 66.2 Å². The van der Waals surface area contributed by atoms with E-state index in [0.717, 1.165) is 32.1 Å². The van der Waals surface area contributed by atoms with Gasteiger partial charge in [0.15, 0.2) is 0 Å². The van der Waals surface area contributed by atoms with Crippen LogP contribution in [0.5, 0.6) is 0 Å². The topological polar surface area (TPSA) is 49.3 Å². The molecule has 1 saturated carbocycles. The van der Waals surface area contributed by atoms with Gasteiger partial charge >= 0.3 is 0 Å². The van der Waals surface area contributed by atoms with Crippen molar-refractivity contribution in [2.24, 2.45) is 11.3 Å². The molecule has 1 fully saturated rings. The number of aliphatic hydroxyl groups is 1. The van der Waals surface area contributed by atoms with Crippen molar-refractivity contribution in [1.82, 2.24) is 5.32 Å². The quantitative estimate of drug-likeness (QED) is 0.811. The Hall–Kier alpha value is -0.570. The lowest BCUT2D eigenvalue weighted by Gasteiger charge is -2.35. The lowest BCUT2D eigenvalue weighted by molar-refractivity contribution is -0.123. The van der Waals surface area contributed by atoms with Gasteiger partial charge in [-0.3, -0.25) is 4.79 Å². The first-order valence-corrected chi connectivity index (χ1v) is 7.19. The smallest absolute Gasteiger partial charge is 0.220 e. The molecule has 0 saturated heterocycles. The normalized spacial score (nSPS) is 29.1. The van der Waals surface area contributed by atoms with E-state index in [1.165, 1.54) is 0 Å². The van der Waals surface area contributed by atoms with Crippen LogP contribution in [0.3, 0.4) is 0 Å². The second kappa shape index (κ2) is 6.05. The molecule has 3 nitrogen and oxygen atoms in total. The summed E-state index contributed by atoms with van der Waals surface area (Å²) in [6.45, 7) is 9.05. The second-order valence-electron chi connectivity index (χ2n) is 7.24. The Kier molecular flexibility index (Phi) is 5.20. The molecule has 106 valence electrons. The predicted molar refractivity (Wildman–Crippen MR) is 74.3 cm³/mol. The summed E-state index contributed by atoms with van der Waals surface area (Å²) >= 11 is 0. The van der Waals surface area contributed by atoms with Crippen LogP contribution in [-0.2, 0) is 4.79 Å². The van der Waals surface area contributed by atoms with Crippen molar-refractivity contribution in [3.05, 3.63) is 0 Å². The van der Waals surface area contributed by atoms with Crippen molar-refractivity contribution < 1.29 is 9.90 Å². The molecule has 0 unspecified atom stereocenters. The van der Waals surface area contributed by atoms with E-state index in [4.69, 9.17) is 0 Å². The van der Waals surface area contributed by atoms with Crippen LogP contribution in [0.25, 0.3) is 0 Å². The largest absolute Gasteiger partial charge is 0.388 e. The third-order valence-electron chi connectivity index (χ3n) is 3.92. The van der Waals surface area contributed by atoms with Crippen LogP contribution >= 0.6 is 0 Å². The van der Waals surface area contributed by atoms with Gasteiger partial charge in [0.05, 0.1) is 5.60 Å². The molecule has 0 atom stereocenters. The van der Waals surface area contributed by atoms with Gasteiger partial charge in [-0.25, -0.2) is 0 Å². The monoisotopic (exact) mass is 255 g/mol. The standard InChI is InChI=1S/C15H29NO2/c1-12-5-9-15(18,10-6-12)11-16-13(17)7-8-14(2,3)4/h12,18H,5-11H2,1-4H3,(H,16,17). The van der Waals surface area contributed by atoms with E-state index in [1.54, 1.807) is 0 Å². The minimum Gasteiger partial charge on any atom is -0.388 e. The van der Waals surface area contributed by atoms with E-state index in [0.29, 0.717) is 18.9 Å². The van der Waals surface area contributed by atoms with Gasteiger partial charge in [0.2, 0.25) is 5.91 Å². The van der Waals surface area contributed by atoms with Gasteiger partial charge in [0.1, 0.15) is 0 Å². The lowest BCUT2D eigenvalue weighted by Crippen LogP contribution is -2.45. The van der Waals surface area contributed by atoms with E-state index in [2.05, 4.69) is 33.0 Å². The summed E-state index contributed by atoms with van der Waals surface area (Å²) in [4.78, 5) is 11.7. The Bertz CT molecular complexity index is 273. The number of carbonyl (C=O) groups is 1. The molecule has 0 bridgehead atoms. The first-order valence-electron chi connectivity index (χ1n) is 7.19. The summed E-state index contributed by atoms with van der Waals surface area (Å²) in [6, 6.07) is 0. The highest BCUT2D eigenvalue weighted by molar-refractivity contribution is 5.75. The SMILES string of the molecule is CC1CCC(O)(CNC(=O)CCC(C)(C)C)CC1. The average molecular weight is 255 g/mol. The molecule has 2 N–H and O–H groups in total. The Morgan fingerprint density at radius 3 is 2.39 bits per heavy atom. The number of hydrogen-bond acceptors (Lipinski definition) is 2. The van der Waals surface area contributed by atoms with Crippen LogP contribution in [0.15, 0.2) is 0 Å². The van der Waals surface area contributed by atoms with Crippen molar-refractivity contribution in [3.8, 4) is 0 Å². The highest BCUT2D eigenvalue weighted by Gasteiger charge is 2.31. The summed E-state index contributed by atoms with van der Waals surface area (Å²) < 4.78 is 0. The second-order valence-corrected chi connectivity index (χ2v) is 7.24. The molecule has 1 aliphatic carbocycles. The Morgan fingerprint density at radius 2 is 1.89 bits per heavy atom. The zero-order chi connectivity index (χ0) is 13.8. The fraction of sp³-hybridized carbons (Fsp3) is 0.933. The molecule has 3 heteroatoms. The summed E-state index contributed by atoms with van der Waals surface area (Å²) in [6.07, 6.45) is 5.19. The van der Waals surface area contributed by atoms with Crippen molar-refractivity contribution >= 4 is 5.91 Å². The third kappa shape index (κ3) is 5.85. The highest BCUT2D eigenvalue weighted by Crippen LogP contribution is 2.31. The molecule has 0 aromatic heterocycles. The molecule has 0 aliphatic heterocycles. The van der Waals surface area contributed by atoms with Crippen LogP contribution in [0.2, 0.25) is 0 Å². The van der Waals surface area contributed by atoms with Gasteiger partial charge in [-0.2, -0.15) is 0 Å². The maximum Gasteiger partial charge on any atom is 0.220 e. The minimum atomic E-state index is -0.663. The maximum atomic E-state index is 11.7. The molecule has 0 aromatic rings. The van der Waals surface area contributed by atoms with Gasteiger partial charge in [-0.05, 0) is 43.4 Å². The number of amides is 1. The first kappa shape index (κ1) is 15.5. The molecule has 1 amide bonds. The Balaban J connectivity index is 2.25. The van der Waals surface area contributed by atoms with Gasteiger partial charge in [0, 0.05) is 13.0 Å². The van der Waals surface area contributed by atoms with Gasteiger partial charge < -0.3 is 10.4 Å². The highest BCUT2D eigenvalue weighted by atomic mass is 16.3. The van der Waals surface area contributed by atoms with E-state index in [-0.39, 0.29) is 11.3 Å². The molecular formula is C15H29NO2.